The second kappa shape index (κ2) is 4.24. The van der Waals surface area contributed by atoms with E-state index in [9.17, 15) is 4.79 Å². The fourth-order valence-electron chi connectivity index (χ4n) is 1.70. The van der Waals surface area contributed by atoms with Crippen molar-refractivity contribution in [3.63, 3.8) is 0 Å². The summed E-state index contributed by atoms with van der Waals surface area (Å²) in [7, 11) is 0. The van der Waals surface area contributed by atoms with Gasteiger partial charge in [-0.25, -0.2) is 0 Å². The summed E-state index contributed by atoms with van der Waals surface area (Å²) in [6, 6.07) is 6.20. The monoisotopic (exact) mass is 222 g/mol. The van der Waals surface area contributed by atoms with Crippen molar-refractivity contribution in [2.24, 2.45) is 5.73 Å². The molecule has 1 aliphatic heterocycles. The first kappa shape index (κ1) is 10.5. The summed E-state index contributed by atoms with van der Waals surface area (Å²) in [5.74, 6) is 0.948. The Morgan fingerprint density at radius 1 is 1.60 bits per heavy atom. The minimum absolute atomic E-state index is 0.00199. The second-order valence-corrected chi connectivity index (χ2v) is 4.71. The van der Waals surface area contributed by atoms with Crippen LogP contribution < -0.4 is 10.6 Å². The van der Waals surface area contributed by atoms with Crippen LogP contribution in [0.3, 0.4) is 0 Å². The van der Waals surface area contributed by atoms with Crippen molar-refractivity contribution < 1.29 is 4.79 Å². The molecule has 0 aliphatic carbocycles. The molecule has 1 heterocycles. The van der Waals surface area contributed by atoms with Crippen molar-refractivity contribution in [2.45, 2.75) is 11.8 Å². The molecule has 1 aliphatic rings. The number of nitrogens with zero attached hydrogens (tertiary/aromatic N) is 1. The van der Waals surface area contributed by atoms with Crippen molar-refractivity contribution in [3.05, 3.63) is 23.8 Å². The molecule has 4 heteroatoms. The van der Waals surface area contributed by atoms with Crippen LogP contribution in [0.2, 0.25) is 0 Å². The van der Waals surface area contributed by atoms with Gasteiger partial charge in [-0.15, -0.1) is 11.8 Å². The summed E-state index contributed by atoms with van der Waals surface area (Å²) in [5, 5.41) is 0. The predicted molar refractivity (Wildman–Crippen MR) is 63.3 cm³/mol. The minimum atomic E-state index is 0.00199. The number of amides is 1. The molecule has 0 aromatic heterocycles. The van der Waals surface area contributed by atoms with E-state index in [-0.39, 0.29) is 12.5 Å². The molecular formula is C11H14N2OS. The van der Waals surface area contributed by atoms with Crippen molar-refractivity contribution in [1.29, 1.82) is 0 Å². The Balaban J connectivity index is 2.40. The van der Waals surface area contributed by atoms with Crippen molar-refractivity contribution >= 4 is 23.4 Å². The molecule has 0 fully saturated rings. The van der Waals surface area contributed by atoms with Gasteiger partial charge in [-0.1, -0.05) is 6.07 Å². The molecule has 1 amide bonds. The van der Waals surface area contributed by atoms with Gasteiger partial charge < -0.3 is 10.6 Å². The number of fused-ring (bicyclic) bond motifs is 1. The first-order chi connectivity index (χ1) is 7.22. The lowest BCUT2D eigenvalue weighted by Gasteiger charge is -2.29. The first-order valence-electron chi connectivity index (χ1n) is 4.96. The second-order valence-electron chi connectivity index (χ2n) is 3.57. The maximum atomic E-state index is 11.6. The molecule has 2 rings (SSSR count). The Morgan fingerprint density at radius 3 is 3.13 bits per heavy atom. The van der Waals surface area contributed by atoms with Crippen LogP contribution in [-0.2, 0) is 4.79 Å². The average Bonchev–Trinajstić information content (AvgIpc) is 2.27. The lowest BCUT2D eigenvalue weighted by Crippen LogP contribution is -2.39. The molecule has 0 bridgehead atoms. The molecule has 0 spiro atoms. The van der Waals surface area contributed by atoms with E-state index in [4.69, 9.17) is 5.73 Å². The Bertz CT molecular complexity index is 392. The number of carbonyl (C=O) groups excluding carboxylic acids is 1. The number of anilines is 1. The van der Waals surface area contributed by atoms with E-state index in [0.29, 0.717) is 0 Å². The third kappa shape index (κ3) is 2.01. The van der Waals surface area contributed by atoms with Crippen molar-refractivity contribution in [3.8, 4) is 0 Å². The van der Waals surface area contributed by atoms with E-state index in [1.807, 2.05) is 6.92 Å². The summed E-state index contributed by atoms with van der Waals surface area (Å²) in [6.45, 7) is 2.87. The van der Waals surface area contributed by atoms with Gasteiger partial charge in [0.15, 0.2) is 0 Å². The van der Waals surface area contributed by atoms with E-state index in [2.05, 4.69) is 18.2 Å². The predicted octanol–water partition coefficient (Wildman–Crippen LogP) is 1.39. The summed E-state index contributed by atoms with van der Waals surface area (Å²) < 4.78 is 0. The van der Waals surface area contributed by atoms with Gasteiger partial charge in [0.1, 0.15) is 0 Å². The summed E-state index contributed by atoms with van der Waals surface area (Å²) in [5.41, 5.74) is 7.59. The molecule has 15 heavy (non-hydrogen) atoms. The number of aryl methyl sites for hydroxylation is 1. The van der Waals surface area contributed by atoms with Crippen LogP contribution >= 0.6 is 11.8 Å². The third-order valence-electron chi connectivity index (χ3n) is 2.45. The van der Waals surface area contributed by atoms with E-state index in [1.165, 1.54) is 10.5 Å². The highest BCUT2D eigenvalue weighted by atomic mass is 32.2. The van der Waals surface area contributed by atoms with Crippen LogP contribution in [0.25, 0.3) is 0 Å². The van der Waals surface area contributed by atoms with Gasteiger partial charge in [-0.3, -0.25) is 4.79 Å². The van der Waals surface area contributed by atoms with E-state index >= 15 is 0 Å². The highest BCUT2D eigenvalue weighted by Gasteiger charge is 2.21. The smallest absolute Gasteiger partial charge is 0.240 e. The molecular weight excluding hydrogens is 208 g/mol. The van der Waals surface area contributed by atoms with Gasteiger partial charge in [0, 0.05) is 17.2 Å². The molecule has 80 valence electrons. The van der Waals surface area contributed by atoms with Crippen LogP contribution in [0.1, 0.15) is 5.56 Å². The van der Waals surface area contributed by atoms with Gasteiger partial charge in [0.25, 0.3) is 0 Å². The first-order valence-corrected chi connectivity index (χ1v) is 5.95. The van der Waals surface area contributed by atoms with Crippen LogP contribution in [0.5, 0.6) is 0 Å². The van der Waals surface area contributed by atoms with Gasteiger partial charge >= 0.3 is 0 Å². The zero-order valence-corrected chi connectivity index (χ0v) is 9.51. The quantitative estimate of drug-likeness (QED) is 0.781. The molecule has 0 atom stereocenters. The number of thioether (sulfide) groups is 1. The molecule has 1 aromatic carbocycles. The maximum absolute atomic E-state index is 11.6. The fourth-order valence-corrected chi connectivity index (χ4v) is 2.67. The maximum Gasteiger partial charge on any atom is 0.240 e. The standard InChI is InChI=1S/C11H14N2OS/c1-8-2-3-10-9(6-8)13(4-5-15-10)11(14)7-12/h2-3,6H,4-5,7,12H2,1H3. The third-order valence-corrected chi connectivity index (χ3v) is 3.50. The number of carbonyl (C=O) groups is 1. The van der Waals surface area contributed by atoms with Crippen LogP contribution in [0, 0.1) is 6.92 Å². The van der Waals surface area contributed by atoms with E-state index in [0.717, 1.165) is 18.0 Å². The summed E-state index contributed by atoms with van der Waals surface area (Å²) >= 11 is 1.79. The Hall–Kier alpha value is -1.000. The lowest BCUT2D eigenvalue weighted by atomic mass is 10.2. The molecule has 0 saturated heterocycles. The molecule has 2 N–H and O–H groups in total. The molecule has 3 nitrogen and oxygen atoms in total. The highest BCUT2D eigenvalue weighted by molar-refractivity contribution is 7.99. The zero-order valence-electron chi connectivity index (χ0n) is 8.69. The molecule has 0 radical (unpaired) electrons. The Kier molecular flexibility index (Phi) is 2.98. The zero-order chi connectivity index (χ0) is 10.8. The lowest BCUT2D eigenvalue weighted by molar-refractivity contribution is -0.117. The number of benzene rings is 1. The average molecular weight is 222 g/mol. The summed E-state index contributed by atoms with van der Waals surface area (Å²) in [6.07, 6.45) is 0. The fraction of sp³-hybridized carbons (Fsp3) is 0.364. The van der Waals surface area contributed by atoms with E-state index in [1.54, 1.807) is 16.7 Å². The SMILES string of the molecule is Cc1ccc2c(c1)N(C(=O)CN)CCS2. The Labute approximate surface area is 93.6 Å². The summed E-state index contributed by atoms with van der Waals surface area (Å²) in [4.78, 5) is 14.6. The number of hydrogen-bond donors (Lipinski definition) is 1. The number of rotatable bonds is 1. The van der Waals surface area contributed by atoms with Crippen LogP contribution in [0.4, 0.5) is 5.69 Å². The number of nitrogens with two attached hydrogens (primary N) is 1. The van der Waals surface area contributed by atoms with Gasteiger partial charge in [-0.2, -0.15) is 0 Å². The number of hydrogen-bond acceptors (Lipinski definition) is 3. The molecule has 0 unspecified atom stereocenters. The van der Waals surface area contributed by atoms with Gasteiger partial charge in [0.2, 0.25) is 5.91 Å². The van der Waals surface area contributed by atoms with Crippen molar-refractivity contribution in [1.82, 2.24) is 0 Å². The van der Waals surface area contributed by atoms with Gasteiger partial charge in [0.05, 0.1) is 12.2 Å². The van der Waals surface area contributed by atoms with Gasteiger partial charge in [-0.05, 0) is 24.6 Å². The van der Waals surface area contributed by atoms with Crippen LogP contribution in [0.15, 0.2) is 23.1 Å². The highest BCUT2D eigenvalue weighted by Crippen LogP contribution is 2.35. The van der Waals surface area contributed by atoms with Crippen molar-refractivity contribution in [2.75, 3.05) is 23.7 Å². The topological polar surface area (TPSA) is 46.3 Å². The normalized spacial score (nSPS) is 14.9. The Morgan fingerprint density at radius 2 is 2.40 bits per heavy atom. The largest absolute Gasteiger partial charge is 0.322 e. The minimum Gasteiger partial charge on any atom is -0.322 e. The van der Waals surface area contributed by atoms with E-state index < -0.39 is 0 Å². The molecule has 0 saturated carbocycles. The van der Waals surface area contributed by atoms with Crippen LogP contribution in [-0.4, -0.2) is 24.7 Å². The molecule has 1 aromatic rings.